The Kier molecular flexibility index (Phi) is 3.76. The maximum Gasteiger partial charge on any atom is 0.407 e. The van der Waals surface area contributed by atoms with Crippen molar-refractivity contribution >= 4 is 27.5 Å². The van der Waals surface area contributed by atoms with Gasteiger partial charge in [-0.15, -0.1) is 0 Å². The minimum Gasteiger partial charge on any atom is -0.521 e. The lowest BCUT2D eigenvalue weighted by atomic mass is 10.2. The summed E-state index contributed by atoms with van der Waals surface area (Å²) in [6.45, 7) is 0. The number of hydrogen-bond donors (Lipinski definition) is 1. The molecule has 0 aliphatic rings. The molecule has 0 saturated carbocycles. The van der Waals surface area contributed by atoms with Crippen molar-refractivity contribution in [1.29, 1.82) is 0 Å². The summed E-state index contributed by atoms with van der Waals surface area (Å²) >= 11 is 0.306. The lowest BCUT2D eigenvalue weighted by Crippen LogP contribution is -1.73. The van der Waals surface area contributed by atoms with E-state index in [1.807, 2.05) is 30.5 Å². The van der Waals surface area contributed by atoms with Gasteiger partial charge in [-0.1, -0.05) is 24.3 Å². The van der Waals surface area contributed by atoms with Crippen LogP contribution in [0.4, 0.5) is 0 Å². The monoisotopic (exact) mass is 175 g/mol. The van der Waals surface area contributed by atoms with E-state index in [0.29, 0.717) is 16.6 Å². The van der Waals surface area contributed by atoms with Crippen LogP contribution < -0.4 is 0 Å². The van der Waals surface area contributed by atoms with E-state index in [1.165, 1.54) is 5.39 Å². The van der Waals surface area contributed by atoms with Crippen LogP contribution in [-0.2, 0) is 0 Å². The summed E-state index contributed by atoms with van der Waals surface area (Å²) in [6, 6.07) is 12.1. The molecule has 0 radical (unpaired) electrons. The zero-order valence-corrected chi connectivity index (χ0v) is 8.94. The highest BCUT2D eigenvalue weighted by atomic mass is 27.1. The first-order chi connectivity index (χ1) is 5.97. The fourth-order valence-corrected chi connectivity index (χ4v) is 1.02. The van der Waals surface area contributed by atoms with Crippen molar-refractivity contribution in [3.8, 4) is 0 Å². The van der Waals surface area contributed by atoms with Gasteiger partial charge in [0.15, 0.2) is 0 Å². The molecular weight excluding hydrogens is 165 g/mol. The molecule has 2 rings (SSSR count). The predicted molar refractivity (Wildman–Crippen MR) is 52.5 cm³/mol. The number of benzene rings is 1. The normalized spacial score (nSPS) is 8.75. The summed E-state index contributed by atoms with van der Waals surface area (Å²) in [4.78, 5) is 4.18. The predicted octanol–water partition coefficient (Wildman–Crippen LogP) is 0.762. The smallest absolute Gasteiger partial charge is 0.407 e. The molecule has 0 spiro atoms. The van der Waals surface area contributed by atoms with Crippen LogP contribution in [0.15, 0.2) is 42.6 Å². The molecule has 0 aliphatic carbocycles. The summed E-state index contributed by atoms with van der Waals surface area (Å²) in [6.07, 6.45) is 1.81. The molecule has 0 aliphatic heterocycles. The minimum absolute atomic E-state index is 0.306. The van der Waals surface area contributed by atoms with Crippen molar-refractivity contribution in [2.24, 2.45) is 0 Å². The third-order valence-corrected chi connectivity index (χ3v) is 1.51. The average Bonchev–Trinajstić information content (AvgIpc) is 2.21. The van der Waals surface area contributed by atoms with Gasteiger partial charge in [-0.2, -0.15) is 0 Å². The van der Waals surface area contributed by atoms with E-state index >= 15 is 0 Å². The van der Waals surface area contributed by atoms with Gasteiger partial charge < -0.3 is 4.16 Å². The van der Waals surface area contributed by atoms with Gasteiger partial charge in [0, 0.05) is 11.6 Å². The van der Waals surface area contributed by atoms with Crippen molar-refractivity contribution < 1.29 is 4.16 Å². The van der Waals surface area contributed by atoms with Crippen LogP contribution in [0.5, 0.6) is 0 Å². The van der Waals surface area contributed by atoms with E-state index in [0.717, 1.165) is 5.52 Å². The van der Waals surface area contributed by atoms with E-state index in [4.69, 9.17) is 4.16 Å². The summed E-state index contributed by atoms with van der Waals surface area (Å²) in [5.74, 6) is 0. The van der Waals surface area contributed by atoms with Crippen molar-refractivity contribution in [3.05, 3.63) is 42.6 Å². The number of hydrogen-bond acceptors (Lipinski definition) is 2. The molecule has 1 N–H and O–H groups in total. The molecule has 0 fully saturated rings. The maximum atomic E-state index is 7.14. The second-order valence-corrected chi connectivity index (χ2v) is 2.20. The maximum absolute atomic E-state index is 7.14. The molecule has 0 bridgehead atoms. The van der Waals surface area contributed by atoms with Crippen molar-refractivity contribution in [2.45, 2.75) is 0 Å². The Hall–Kier alpha value is -0.878. The first-order valence-electron chi connectivity index (χ1n) is 3.71. The molecule has 1 aromatic heterocycles. The SMILES string of the molecule is [OH][AlH2].c1ccc2ncccc2c1. The number of para-hydroxylation sites is 1. The second kappa shape index (κ2) is 4.89. The molecule has 2 nitrogen and oxygen atoms in total. The summed E-state index contributed by atoms with van der Waals surface area (Å²) in [5.41, 5.74) is 1.06. The first kappa shape index (κ1) is 9.21. The number of rotatable bonds is 0. The highest BCUT2D eigenvalue weighted by Gasteiger charge is 1.86. The number of aromatic nitrogens is 1. The fraction of sp³-hybridized carbons (Fsp3) is 0. The highest BCUT2D eigenvalue weighted by Crippen LogP contribution is 2.07. The third kappa shape index (κ3) is 2.05. The van der Waals surface area contributed by atoms with Crippen LogP contribution in [0, 0.1) is 0 Å². The number of fused-ring (bicyclic) bond motifs is 1. The van der Waals surface area contributed by atoms with Crippen molar-refractivity contribution in [1.82, 2.24) is 4.98 Å². The van der Waals surface area contributed by atoms with E-state index in [9.17, 15) is 0 Å². The Morgan fingerprint density at radius 1 is 1.00 bits per heavy atom. The van der Waals surface area contributed by atoms with Gasteiger partial charge in [0.1, 0.15) is 0 Å². The number of pyridine rings is 1. The van der Waals surface area contributed by atoms with Crippen LogP contribution in [0.3, 0.4) is 0 Å². The van der Waals surface area contributed by atoms with Crippen LogP contribution >= 0.6 is 0 Å². The average molecular weight is 175 g/mol. The molecule has 1 heterocycles. The van der Waals surface area contributed by atoms with Gasteiger partial charge in [0.25, 0.3) is 0 Å². The molecule has 3 heteroatoms. The Morgan fingerprint density at radius 3 is 2.42 bits per heavy atom. The molecule has 1 aromatic carbocycles. The Balaban J connectivity index is 0.000000336. The van der Waals surface area contributed by atoms with Gasteiger partial charge in [-0.25, -0.2) is 0 Å². The third-order valence-electron chi connectivity index (χ3n) is 1.51. The molecule has 0 unspecified atom stereocenters. The first-order valence-corrected chi connectivity index (χ1v) is 4.61. The molecule has 0 amide bonds. The zero-order chi connectivity index (χ0) is 8.81. The number of nitrogens with zero attached hydrogens (tertiary/aromatic N) is 1. The summed E-state index contributed by atoms with van der Waals surface area (Å²) in [5, 5.41) is 1.20. The van der Waals surface area contributed by atoms with Crippen molar-refractivity contribution in [2.75, 3.05) is 0 Å². The van der Waals surface area contributed by atoms with Gasteiger partial charge in [0.2, 0.25) is 0 Å². The Morgan fingerprint density at radius 2 is 1.67 bits per heavy atom. The molecular formula is C9H10AlNO. The van der Waals surface area contributed by atoms with E-state index in [2.05, 4.69) is 17.1 Å². The second-order valence-electron chi connectivity index (χ2n) is 2.20. The van der Waals surface area contributed by atoms with Gasteiger partial charge in [-0.05, 0) is 12.1 Å². The van der Waals surface area contributed by atoms with Crippen LogP contribution in [0.2, 0.25) is 0 Å². The topological polar surface area (TPSA) is 33.1 Å². The Labute approximate surface area is 79.6 Å². The van der Waals surface area contributed by atoms with E-state index < -0.39 is 0 Å². The quantitative estimate of drug-likeness (QED) is 0.600. The summed E-state index contributed by atoms with van der Waals surface area (Å²) in [7, 11) is 0. The zero-order valence-electron chi connectivity index (χ0n) is 6.94. The molecule has 0 atom stereocenters. The van der Waals surface area contributed by atoms with Crippen LogP contribution in [0.1, 0.15) is 0 Å². The van der Waals surface area contributed by atoms with Crippen molar-refractivity contribution in [3.63, 3.8) is 0 Å². The van der Waals surface area contributed by atoms with Crippen LogP contribution in [0.25, 0.3) is 10.9 Å². The largest absolute Gasteiger partial charge is 0.521 e. The fourth-order valence-electron chi connectivity index (χ4n) is 1.02. The summed E-state index contributed by atoms with van der Waals surface area (Å²) < 4.78 is 7.14. The minimum atomic E-state index is 0.306. The van der Waals surface area contributed by atoms with Crippen LogP contribution in [-0.4, -0.2) is 25.8 Å². The van der Waals surface area contributed by atoms with E-state index in [-0.39, 0.29) is 0 Å². The van der Waals surface area contributed by atoms with Gasteiger partial charge in [0.05, 0.1) is 5.52 Å². The highest BCUT2D eigenvalue weighted by molar-refractivity contribution is 5.95. The van der Waals surface area contributed by atoms with Gasteiger partial charge >= 0.3 is 16.6 Å². The lowest BCUT2D eigenvalue weighted by Gasteiger charge is -1.91. The Bertz CT molecular complexity index is 286. The molecule has 2 aromatic rings. The molecule has 0 saturated heterocycles. The molecule has 60 valence electrons. The van der Waals surface area contributed by atoms with E-state index in [1.54, 1.807) is 0 Å². The standard InChI is InChI=1S/C9H7N.Al.H2O.2H/c1-2-6-9-8(4-1)5-3-7-10-9;;;;/h1-7H;;1H2;;/q;+1;;;/p-1. The van der Waals surface area contributed by atoms with Gasteiger partial charge in [-0.3, -0.25) is 4.98 Å². The molecule has 12 heavy (non-hydrogen) atoms. The lowest BCUT2D eigenvalue weighted by molar-refractivity contribution is 0.629.